The first kappa shape index (κ1) is 10.5. The molecule has 0 bridgehead atoms. The van der Waals surface area contributed by atoms with Crippen LogP contribution in [0.3, 0.4) is 0 Å². The monoisotopic (exact) mass is 220 g/mol. The average molecular weight is 220 g/mol. The number of carbonyl (C=O) groups is 1. The van der Waals surface area contributed by atoms with E-state index in [0.29, 0.717) is 17.2 Å². The summed E-state index contributed by atoms with van der Waals surface area (Å²) in [5.74, 6) is 1.86. The Morgan fingerprint density at radius 1 is 1.44 bits per heavy atom. The van der Waals surface area contributed by atoms with Crippen molar-refractivity contribution in [2.24, 2.45) is 0 Å². The molecule has 0 saturated heterocycles. The van der Waals surface area contributed by atoms with Gasteiger partial charge in [-0.2, -0.15) is 0 Å². The predicted octanol–water partition coefficient (Wildman–Crippen LogP) is 2.03. The molecular weight excluding hydrogens is 208 g/mol. The van der Waals surface area contributed by atoms with Crippen LogP contribution in [0.4, 0.5) is 0 Å². The number of hydrogen-bond acceptors (Lipinski definition) is 4. The molecule has 0 radical (unpaired) electrons. The number of ether oxygens (including phenoxy) is 3. The number of methoxy groups -OCH3 is 1. The maximum absolute atomic E-state index is 10.8. The second-order valence-corrected chi connectivity index (χ2v) is 3.40. The molecule has 0 amide bonds. The standard InChI is InChI=1S/C12H12O4/c1-8(13)3-4-9-5-10(14-2)12-11(6-9)15-7-16-12/h3-6H,7H2,1-2H3/b4-3+. The van der Waals surface area contributed by atoms with Crippen molar-refractivity contribution in [1.29, 1.82) is 0 Å². The Hall–Kier alpha value is -1.97. The fourth-order valence-electron chi connectivity index (χ4n) is 1.46. The van der Waals surface area contributed by atoms with Crippen molar-refractivity contribution in [1.82, 2.24) is 0 Å². The lowest BCUT2D eigenvalue weighted by molar-refractivity contribution is -0.112. The summed E-state index contributed by atoms with van der Waals surface area (Å²) in [7, 11) is 1.57. The van der Waals surface area contributed by atoms with Gasteiger partial charge in [0.25, 0.3) is 0 Å². The molecular formula is C12H12O4. The molecule has 0 saturated carbocycles. The molecule has 0 spiro atoms. The Labute approximate surface area is 93.4 Å². The summed E-state index contributed by atoms with van der Waals surface area (Å²) in [5, 5.41) is 0. The third-order valence-electron chi connectivity index (χ3n) is 2.19. The molecule has 0 aliphatic carbocycles. The highest BCUT2D eigenvalue weighted by Crippen LogP contribution is 2.41. The maximum atomic E-state index is 10.8. The summed E-state index contributed by atoms with van der Waals surface area (Å²) in [6.07, 6.45) is 3.21. The Morgan fingerprint density at radius 2 is 2.25 bits per heavy atom. The zero-order valence-corrected chi connectivity index (χ0v) is 9.15. The third-order valence-corrected chi connectivity index (χ3v) is 2.19. The van der Waals surface area contributed by atoms with E-state index in [1.54, 1.807) is 19.3 Å². The molecule has 1 aromatic rings. The summed E-state index contributed by atoms with van der Waals surface area (Å²) in [5.41, 5.74) is 0.844. The van der Waals surface area contributed by atoms with Crippen molar-refractivity contribution in [2.45, 2.75) is 6.92 Å². The van der Waals surface area contributed by atoms with Crippen LogP contribution in [0.1, 0.15) is 12.5 Å². The second kappa shape index (κ2) is 4.26. The first-order chi connectivity index (χ1) is 7.70. The predicted molar refractivity (Wildman–Crippen MR) is 58.8 cm³/mol. The van der Waals surface area contributed by atoms with E-state index in [1.807, 2.05) is 6.07 Å². The average Bonchev–Trinajstić information content (AvgIpc) is 2.73. The fourth-order valence-corrected chi connectivity index (χ4v) is 1.46. The van der Waals surface area contributed by atoms with Crippen molar-refractivity contribution in [3.05, 3.63) is 23.8 Å². The summed E-state index contributed by atoms with van der Waals surface area (Å²) >= 11 is 0. The van der Waals surface area contributed by atoms with Crippen molar-refractivity contribution >= 4 is 11.9 Å². The van der Waals surface area contributed by atoms with E-state index in [9.17, 15) is 4.79 Å². The van der Waals surface area contributed by atoms with Gasteiger partial charge in [0.2, 0.25) is 12.5 Å². The fraction of sp³-hybridized carbons (Fsp3) is 0.250. The molecule has 1 heterocycles. The van der Waals surface area contributed by atoms with Crippen LogP contribution in [0.15, 0.2) is 18.2 Å². The lowest BCUT2D eigenvalue weighted by atomic mass is 10.1. The lowest BCUT2D eigenvalue weighted by Gasteiger charge is -2.05. The van der Waals surface area contributed by atoms with Crippen molar-refractivity contribution in [3.8, 4) is 17.2 Å². The Morgan fingerprint density at radius 3 is 2.94 bits per heavy atom. The molecule has 1 aliphatic rings. The lowest BCUT2D eigenvalue weighted by Crippen LogP contribution is -1.93. The second-order valence-electron chi connectivity index (χ2n) is 3.40. The summed E-state index contributed by atoms with van der Waals surface area (Å²) in [6, 6.07) is 3.61. The van der Waals surface area contributed by atoms with Gasteiger partial charge in [0.05, 0.1) is 7.11 Å². The number of ketones is 1. The van der Waals surface area contributed by atoms with Gasteiger partial charge >= 0.3 is 0 Å². The molecule has 0 atom stereocenters. The molecule has 4 nitrogen and oxygen atoms in total. The van der Waals surface area contributed by atoms with Gasteiger partial charge in [-0.15, -0.1) is 0 Å². The van der Waals surface area contributed by atoms with Crippen LogP contribution in [-0.2, 0) is 4.79 Å². The van der Waals surface area contributed by atoms with Gasteiger partial charge in [-0.05, 0) is 30.7 Å². The smallest absolute Gasteiger partial charge is 0.231 e. The molecule has 0 N–H and O–H groups in total. The van der Waals surface area contributed by atoms with Crippen LogP contribution in [-0.4, -0.2) is 19.7 Å². The molecule has 84 valence electrons. The van der Waals surface area contributed by atoms with Crippen LogP contribution < -0.4 is 14.2 Å². The highest BCUT2D eigenvalue weighted by atomic mass is 16.7. The normalized spacial score (nSPS) is 13.1. The SMILES string of the molecule is COc1cc(/C=C/C(C)=O)cc2c1OCO2. The number of hydrogen-bond donors (Lipinski definition) is 0. The number of fused-ring (bicyclic) bond motifs is 1. The van der Waals surface area contributed by atoms with E-state index in [0.717, 1.165) is 5.56 Å². The zero-order chi connectivity index (χ0) is 11.5. The first-order valence-corrected chi connectivity index (χ1v) is 4.87. The van der Waals surface area contributed by atoms with Crippen LogP contribution in [0.5, 0.6) is 17.2 Å². The number of carbonyl (C=O) groups excluding carboxylic acids is 1. The van der Waals surface area contributed by atoms with E-state index in [1.165, 1.54) is 13.0 Å². The van der Waals surface area contributed by atoms with Crippen LogP contribution in [0.25, 0.3) is 6.08 Å². The van der Waals surface area contributed by atoms with Crippen LogP contribution in [0, 0.1) is 0 Å². The van der Waals surface area contributed by atoms with Gasteiger partial charge in [-0.25, -0.2) is 0 Å². The zero-order valence-electron chi connectivity index (χ0n) is 9.15. The number of allylic oxidation sites excluding steroid dienone is 1. The summed E-state index contributed by atoms with van der Waals surface area (Å²) in [4.78, 5) is 10.8. The van der Waals surface area contributed by atoms with E-state index in [-0.39, 0.29) is 12.6 Å². The largest absolute Gasteiger partial charge is 0.493 e. The molecule has 0 fully saturated rings. The Bertz CT molecular complexity index is 449. The Kier molecular flexibility index (Phi) is 2.81. The molecule has 1 aliphatic heterocycles. The quantitative estimate of drug-likeness (QED) is 0.731. The minimum Gasteiger partial charge on any atom is -0.493 e. The molecule has 1 aromatic carbocycles. The topological polar surface area (TPSA) is 44.8 Å². The minimum atomic E-state index is -0.00312. The van der Waals surface area contributed by atoms with E-state index in [2.05, 4.69) is 0 Å². The summed E-state index contributed by atoms with van der Waals surface area (Å²) in [6.45, 7) is 1.70. The van der Waals surface area contributed by atoms with Crippen LogP contribution >= 0.6 is 0 Å². The van der Waals surface area contributed by atoms with Crippen molar-refractivity contribution in [2.75, 3.05) is 13.9 Å². The van der Waals surface area contributed by atoms with E-state index >= 15 is 0 Å². The minimum absolute atomic E-state index is 0.00312. The highest BCUT2D eigenvalue weighted by Gasteiger charge is 2.19. The number of rotatable bonds is 3. The van der Waals surface area contributed by atoms with E-state index in [4.69, 9.17) is 14.2 Å². The van der Waals surface area contributed by atoms with Gasteiger partial charge in [-0.3, -0.25) is 4.79 Å². The maximum Gasteiger partial charge on any atom is 0.231 e. The van der Waals surface area contributed by atoms with Gasteiger partial charge in [0.15, 0.2) is 17.3 Å². The number of benzene rings is 1. The third kappa shape index (κ3) is 2.00. The van der Waals surface area contributed by atoms with Crippen molar-refractivity contribution in [3.63, 3.8) is 0 Å². The Balaban J connectivity index is 2.38. The first-order valence-electron chi connectivity index (χ1n) is 4.87. The molecule has 16 heavy (non-hydrogen) atoms. The summed E-state index contributed by atoms with van der Waals surface area (Å²) < 4.78 is 15.7. The van der Waals surface area contributed by atoms with Gasteiger partial charge in [0.1, 0.15) is 0 Å². The highest BCUT2D eigenvalue weighted by molar-refractivity contribution is 5.91. The van der Waals surface area contributed by atoms with Gasteiger partial charge < -0.3 is 14.2 Å². The van der Waals surface area contributed by atoms with E-state index < -0.39 is 0 Å². The van der Waals surface area contributed by atoms with Gasteiger partial charge in [-0.1, -0.05) is 6.08 Å². The molecule has 0 unspecified atom stereocenters. The molecule has 4 heteroatoms. The molecule has 2 rings (SSSR count). The van der Waals surface area contributed by atoms with Crippen molar-refractivity contribution < 1.29 is 19.0 Å². The van der Waals surface area contributed by atoms with Gasteiger partial charge in [0, 0.05) is 0 Å². The van der Waals surface area contributed by atoms with Crippen LogP contribution in [0.2, 0.25) is 0 Å². The molecule has 0 aromatic heterocycles.